The van der Waals surface area contributed by atoms with E-state index in [9.17, 15) is 9.59 Å². The van der Waals surface area contributed by atoms with Crippen LogP contribution in [0.15, 0.2) is 42.7 Å². The molecule has 0 spiro atoms. The lowest BCUT2D eigenvalue weighted by atomic mass is 10.2. The second-order valence-electron chi connectivity index (χ2n) is 3.65. The maximum absolute atomic E-state index is 11.6. The first-order chi connectivity index (χ1) is 8.66. The molecule has 3 N–H and O–H groups in total. The minimum absolute atomic E-state index is 0.167. The maximum atomic E-state index is 11.6. The average Bonchev–Trinajstić information content (AvgIpc) is 2.90. The average molecular weight is 244 g/mol. The van der Waals surface area contributed by atoms with Gasteiger partial charge in [-0.3, -0.25) is 9.59 Å². The van der Waals surface area contributed by atoms with Gasteiger partial charge in [-0.25, -0.2) is 4.68 Å². The third kappa shape index (κ3) is 2.73. The van der Waals surface area contributed by atoms with E-state index in [0.717, 1.165) is 5.69 Å². The largest absolute Gasteiger partial charge is 0.368 e. The zero-order chi connectivity index (χ0) is 13.0. The van der Waals surface area contributed by atoms with Gasteiger partial charge in [-0.15, -0.1) is 0 Å². The monoisotopic (exact) mass is 244 g/mol. The van der Waals surface area contributed by atoms with Crippen LogP contribution in [-0.2, 0) is 4.79 Å². The fourth-order valence-corrected chi connectivity index (χ4v) is 1.46. The molecule has 1 aromatic heterocycles. The van der Waals surface area contributed by atoms with Gasteiger partial charge in [-0.1, -0.05) is 0 Å². The SMILES string of the molecule is NC(=O)CNC(=O)c1ccc(-n2cccn2)cc1. The van der Waals surface area contributed by atoms with Crippen LogP contribution in [-0.4, -0.2) is 28.1 Å². The lowest BCUT2D eigenvalue weighted by Gasteiger charge is -2.04. The van der Waals surface area contributed by atoms with E-state index in [1.165, 1.54) is 0 Å². The van der Waals surface area contributed by atoms with Crippen LogP contribution in [0, 0.1) is 0 Å². The highest BCUT2D eigenvalue weighted by atomic mass is 16.2. The van der Waals surface area contributed by atoms with Gasteiger partial charge in [-0.05, 0) is 30.3 Å². The van der Waals surface area contributed by atoms with Crippen LogP contribution in [0.1, 0.15) is 10.4 Å². The Labute approximate surface area is 103 Å². The molecule has 0 aliphatic carbocycles. The number of rotatable bonds is 4. The van der Waals surface area contributed by atoms with Crippen molar-refractivity contribution in [3.05, 3.63) is 48.3 Å². The van der Waals surface area contributed by atoms with Crippen molar-refractivity contribution in [2.75, 3.05) is 6.54 Å². The van der Waals surface area contributed by atoms with Crippen LogP contribution in [0.3, 0.4) is 0 Å². The van der Waals surface area contributed by atoms with Crippen LogP contribution >= 0.6 is 0 Å². The van der Waals surface area contributed by atoms with Crippen molar-refractivity contribution in [2.45, 2.75) is 0 Å². The molecule has 92 valence electrons. The first-order valence-corrected chi connectivity index (χ1v) is 5.33. The zero-order valence-corrected chi connectivity index (χ0v) is 9.54. The molecule has 0 aliphatic heterocycles. The number of nitrogens with one attached hydrogen (secondary N) is 1. The number of amides is 2. The number of nitrogens with zero attached hydrogens (tertiary/aromatic N) is 2. The summed E-state index contributed by atoms with van der Waals surface area (Å²) < 4.78 is 1.69. The van der Waals surface area contributed by atoms with Gasteiger partial charge in [0.05, 0.1) is 12.2 Å². The van der Waals surface area contributed by atoms with Gasteiger partial charge >= 0.3 is 0 Å². The van der Waals surface area contributed by atoms with E-state index < -0.39 is 5.91 Å². The number of primary amides is 1. The third-order valence-electron chi connectivity index (χ3n) is 2.32. The Morgan fingerprint density at radius 3 is 2.56 bits per heavy atom. The Bertz CT molecular complexity index is 546. The van der Waals surface area contributed by atoms with Crippen molar-refractivity contribution in [1.82, 2.24) is 15.1 Å². The van der Waals surface area contributed by atoms with Crippen LogP contribution < -0.4 is 11.1 Å². The smallest absolute Gasteiger partial charge is 0.251 e. The summed E-state index contributed by atoms with van der Waals surface area (Å²) >= 11 is 0. The molecule has 2 aromatic rings. The molecule has 0 unspecified atom stereocenters. The van der Waals surface area contributed by atoms with Crippen LogP contribution in [0.4, 0.5) is 0 Å². The van der Waals surface area contributed by atoms with Crippen LogP contribution in [0.5, 0.6) is 0 Å². The molecule has 6 heteroatoms. The summed E-state index contributed by atoms with van der Waals surface area (Å²) in [4.78, 5) is 22.1. The van der Waals surface area contributed by atoms with E-state index in [1.807, 2.05) is 12.3 Å². The van der Waals surface area contributed by atoms with Crippen molar-refractivity contribution in [2.24, 2.45) is 5.73 Å². The van der Waals surface area contributed by atoms with Crippen molar-refractivity contribution in [3.63, 3.8) is 0 Å². The molecule has 2 rings (SSSR count). The normalized spacial score (nSPS) is 10.0. The standard InChI is InChI=1S/C12H12N4O2/c13-11(17)8-14-12(18)9-2-4-10(5-3-9)16-7-1-6-15-16/h1-7H,8H2,(H2,13,17)(H,14,18). The molecule has 0 atom stereocenters. The van der Waals surface area contributed by atoms with E-state index in [0.29, 0.717) is 5.56 Å². The van der Waals surface area contributed by atoms with Crippen LogP contribution in [0.2, 0.25) is 0 Å². The Morgan fingerprint density at radius 1 is 1.28 bits per heavy atom. The molecule has 6 nitrogen and oxygen atoms in total. The molecule has 0 radical (unpaired) electrons. The summed E-state index contributed by atoms with van der Waals surface area (Å²) in [6.07, 6.45) is 3.48. The van der Waals surface area contributed by atoms with Crippen molar-refractivity contribution in [3.8, 4) is 5.69 Å². The quantitative estimate of drug-likeness (QED) is 0.798. The highest BCUT2D eigenvalue weighted by Crippen LogP contribution is 2.08. The number of hydrogen-bond acceptors (Lipinski definition) is 3. The fourth-order valence-electron chi connectivity index (χ4n) is 1.46. The summed E-state index contributed by atoms with van der Waals surface area (Å²) in [5, 5.41) is 6.49. The number of benzene rings is 1. The first-order valence-electron chi connectivity index (χ1n) is 5.33. The number of aromatic nitrogens is 2. The van der Waals surface area contributed by atoms with E-state index in [4.69, 9.17) is 5.73 Å². The second-order valence-corrected chi connectivity index (χ2v) is 3.65. The molecular weight excluding hydrogens is 232 g/mol. The first kappa shape index (κ1) is 11.8. The highest BCUT2D eigenvalue weighted by Gasteiger charge is 2.06. The maximum Gasteiger partial charge on any atom is 0.251 e. The molecule has 1 heterocycles. The molecule has 0 fully saturated rings. The van der Waals surface area contributed by atoms with E-state index in [2.05, 4.69) is 10.4 Å². The summed E-state index contributed by atoms with van der Waals surface area (Å²) in [5.41, 5.74) is 6.26. The van der Waals surface area contributed by atoms with Gasteiger partial charge in [0.1, 0.15) is 0 Å². The van der Waals surface area contributed by atoms with Crippen molar-refractivity contribution in [1.29, 1.82) is 0 Å². The van der Waals surface area contributed by atoms with Gasteiger partial charge in [0, 0.05) is 18.0 Å². The summed E-state index contributed by atoms with van der Waals surface area (Å²) in [6.45, 7) is -0.167. The van der Waals surface area contributed by atoms with E-state index in [-0.39, 0.29) is 12.5 Å². The number of carbonyl (C=O) groups is 2. The summed E-state index contributed by atoms with van der Waals surface area (Å²) in [7, 11) is 0. The summed E-state index contributed by atoms with van der Waals surface area (Å²) in [6, 6.07) is 8.67. The van der Waals surface area contributed by atoms with Gasteiger partial charge in [0.15, 0.2) is 0 Å². The van der Waals surface area contributed by atoms with Gasteiger partial charge in [0.25, 0.3) is 5.91 Å². The molecule has 1 aromatic carbocycles. The number of nitrogens with two attached hydrogens (primary N) is 1. The summed E-state index contributed by atoms with van der Waals surface area (Å²) in [5.74, 6) is -0.905. The number of hydrogen-bond donors (Lipinski definition) is 2. The van der Waals surface area contributed by atoms with E-state index in [1.54, 1.807) is 35.1 Å². The molecule has 0 bridgehead atoms. The Hall–Kier alpha value is -2.63. The Morgan fingerprint density at radius 2 is 2.00 bits per heavy atom. The van der Waals surface area contributed by atoms with Crippen molar-refractivity contribution >= 4 is 11.8 Å². The van der Waals surface area contributed by atoms with Gasteiger partial charge in [0.2, 0.25) is 5.91 Å². The topological polar surface area (TPSA) is 90.0 Å². The lowest BCUT2D eigenvalue weighted by Crippen LogP contribution is -2.33. The van der Waals surface area contributed by atoms with E-state index >= 15 is 0 Å². The highest BCUT2D eigenvalue weighted by molar-refractivity contribution is 5.96. The second kappa shape index (κ2) is 5.13. The zero-order valence-electron chi connectivity index (χ0n) is 9.54. The third-order valence-corrected chi connectivity index (χ3v) is 2.32. The Balaban J connectivity index is 2.08. The van der Waals surface area contributed by atoms with Crippen molar-refractivity contribution < 1.29 is 9.59 Å². The predicted molar refractivity (Wildman–Crippen MR) is 65.1 cm³/mol. The predicted octanol–water partition coefficient (Wildman–Crippen LogP) is 0.0874. The molecule has 18 heavy (non-hydrogen) atoms. The fraction of sp³-hybridized carbons (Fsp3) is 0.0833. The molecular formula is C12H12N4O2. The minimum Gasteiger partial charge on any atom is -0.368 e. The van der Waals surface area contributed by atoms with Gasteiger partial charge in [-0.2, -0.15) is 5.10 Å². The molecule has 2 amide bonds. The Kier molecular flexibility index (Phi) is 3.38. The molecule has 0 aliphatic rings. The lowest BCUT2D eigenvalue weighted by molar-refractivity contribution is -0.117. The van der Waals surface area contributed by atoms with Gasteiger partial charge < -0.3 is 11.1 Å². The minimum atomic E-state index is -0.573. The molecule has 0 saturated carbocycles. The number of carbonyl (C=O) groups excluding carboxylic acids is 2. The van der Waals surface area contributed by atoms with Crippen LogP contribution in [0.25, 0.3) is 5.69 Å². The molecule has 0 saturated heterocycles.